The molecule has 12 heavy (non-hydrogen) atoms. The van der Waals surface area contributed by atoms with Gasteiger partial charge >= 0.3 is 0 Å². The van der Waals surface area contributed by atoms with Crippen molar-refractivity contribution in [2.45, 2.75) is 6.61 Å². The van der Waals surface area contributed by atoms with Crippen molar-refractivity contribution in [2.24, 2.45) is 0 Å². The third kappa shape index (κ3) is 1.17. The fourth-order valence-corrected chi connectivity index (χ4v) is 1.29. The number of fused-ring (bicyclic) bond motifs is 1. The lowest BCUT2D eigenvalue weighted by Crippen LogP contribution is -2.29. The Kier molecular flexibility index (Phi) is 1.75. The summed E-state index contributed by atoms with van der Waals surface area (Å²) in [5, 5.41) is 0.561. The maximum absolute atomic E-state index is 11.1. The van der Waals surface area contributed by atoms with Crippen molar-refractivity contribution >= 4 is 17.5 Å². The van der Waals surface area contributed by atoms with Crippen LogP contribution in [0, 0.1) is 0 Å². The zero-order chi connectivity index (χ0) is 8.55. The van der Waals surface area contributed by atoms with E-state index in [2.05, 4.69) is 5.48 Å². The molecule has 0 atom stereocenters. The minimum Gasteiger partial charge on any atom is -0.269 e. The maximum atomic E-state index is 11.1. The Bertz CT molecular complexity index is 338. The summed E-state index contributed by atoms with van der Waals surface area (Å²) in [6.07, 6.45) is 0. The predicted molar refractivity (Wildman–Crippen MR) is 43.7 cm³/mol. The molecule has 0 unspecified atom stereocenters. The summed E-state index contributed by atoms with van der Waals surface area (Å²) < 4.78 is 0. The van der Waals surface area contributed by atoms with E-state index in [1.165, 1.54) is 0 Å². The largest absolute Gasteiger partial charge is 0.275 e. The topological polar surface area (TPSA) is 38.3 Å². The van der Waals surface area contributed by atoms with Gasteiger partial charge in [-0.1, -0.05) is 17.7 Å². The van der Waals surface area contributed by atoms with Crippen molar-refractivity contribution in [3.05, 3.63) is 34.3 Å². The lowest BCUT2D eigenvalue weighted by atomic mass is 10.1. The Morgan fingerprint density at radius 3 is 3.17 bits per heavy atom. The Hall–Kier alpha value is -1.06. The summed E-state index contributed by atoms with van der Waals surface area (Å²) in [6.45, 7) is 0.401. The van der Waals surface area contributed by atoms with Crippen LogP contribution in [-0.4, -0.2) is 5.91 Å². The molecule has 1 N–H and O–H groups in total. The van der Waals surface area contributed by atoms with E-state index in [1.807, 2.05) is 0 Å². The highest BCUT2D eigenvalue weighted by Crippen LogP contribution is 2.18. The van der Waals surface area contributed by atoms with E-state index in [-0.39, 0.29) is 5.91 Å². The number of carbonyl (C=O) groups excluding carboxylic acids is 1. The molecule has 1 amide bonds. The molecule has 1 aliphatic rings. The maximum Gasteiger partial charge on any atom is 0.275 e. The lowest BCUT2D eigenvalue weighted by molar-refractivity contribution is 0.0154. The molecule has 0 spiro atoms. The monoisotopic (exact) mass is 183 g/mol. The first-order valence-electron chi connectivity index (χ1n) is 3.48. The molecule has 2 rings (SSSR count). The second-order valence-electron chi connectivity index (χ2n) is 2.52. The minimum absolute atomic E-state index is 0.237. The van der Waals surface area contributed by atoms with Crippen molar-refractivity contribution in [3.63, 3.8) is 0 Å². The number of amides is 1. The number of carbonyl (C=O) groups is 1. The molecule has 0 bridgehead atoms. The minimum atomic E-state index is -0.237. The molecule has 0 saturated carbocycles. The smallest absolute Gasteiger partial charge is 0.269 e. The van der Waals surface area contributed by atoms with Crippen molar-refractivity contribution < 1.29 is 9.63 Å². The van der Waals surface area contributed by atoms with Gasteiger partial charge in [0.2, 0.25) is 0 Å². The summed E-state index contributed by atoms with van der Waals surface area (Å²) in [5.41, 5.74) is 3.72. The summed E-state index contributed by atoms with van der Waals surface area (Å²) in [7, 11) is 0. The van der Waals surface area contributed by atoms with Gasteiger partial charge in [0.15, 0.2) is 0 Å². The van der Waals surface area contributed by atoms with E-state index in [0.717, 1.165) is 5.56 Å². The van der Waals surface area contributed by atoms with Crippen LogP contribution in [0.1, 0.15) is 15.9 Å². The van der Waals surface area contributed by atoms with Gasteiger partial charge in [-0.25, -0.2) is 5.48 Å². The number of hydrogen-bond acceptors (Lipinski definition) is 2. The van der Waals surface area contributed by atoms with Crippen LogP contribution in [0.25, 0.3) is 0 Å². The first-order valence-corrected chi connectivity index (χ1v) is 3.86. The number of halogens is 1. The molecule has 0 fully saturated rings. The molecular formula is C8H6ClNO2. The molecule has 1 heterocycles. The second-order valence-corrected chi connectivity index (χ2v) is 2.96. The van der Waals surface area contributed by atoms with E-state index in [4.69, 9.17) is 16.4 Å². The zero-order valence-electron chi connectivity index (χ0n) is 6.13. The molecule has 0 aliphatic carbocycles. The quantitative estimate of drug-likeness (QED) is 0.662. The van der Waals surface area contributed by atoms with Crippen LogP contribution in [0.2, 0.25) is 5.02 Å². The van der Waals surface area contributed by atoms with E-state index < -0.39 is 0 Å². The number of rotatable bonds is 0. The fourth-order valence-electron chi connectivity index (χ4n) is 1.12. The zero-order valence-corrected chi connectivity index (χ0v) is 6.89. The lowest BCUT2D eigenvalue weighted by Gasteiger charge is -2.15. The van der Waals surface area contributed by atoms with Gasteiger partial charge in [0.05, 0.1) is 0 Å². The third-order valence-corrected chi connectivity index (χ3v) is 1.94. The first-order chi connectivity index (χ1) is 5.77. The van der Waals surface area contributed by atoms with E-state index >= 15 is 0 Å². The molecule has 0 saturated heterocycles. The van der Waals surface area contributed by atoms with Crippen molar-refractivity contribution in [1.29, 1.82) is 0 Å². The van der Waals surface area contributed by atoms with Crippen LogP contribution in [-0.2, 0) is 11.4 Å². The first kappa shape index (κ1) is 7.58. The van der Waals surface area contributed by atoms with Crippen molar-refractivity contribution in [1.82, 2.24) is 5.48 Å². The average molecular weight is 184 g/mol. The molecule has 62 valence electrons. The highest BCUT2D eigenvalue weighted by Gasteiger charge is 2.16. The van der Waals surface area contributed by atoms with Gasteiger partial charge in [0, 0.05) is 10.6 Å². The molecule has 4 heteroatoms. The highest BCUT2D eigenvalue weighted by atomic mass is 35.5. The van der Waals surface area contributed by atoms with Gasteiger partial charge in [-0.2, -0.15) is 0 Å². The van der Waals surface area contributed by atoms with Gasteiger partial charge in [-0.3, -0.25) is 9.63 Å². The standard InChI is InChI=1S/C8H6ClNO2/c9-6-2-1-5-4-12-10-8(11)7(5)3-6/h1-3H,4H2,(H,10,11). The number of nitrogens with one attached hydrogen (secondary N) is 1. The van der Waals surface area contributed by atoms with E-state index in [1.54, 1.807) is 18.2 Å². The molecule has 0 radical (unpaired) electrons. The molecular weight excluding hydrogens is 178 g/mol. The molecule has 1 aromatic rings. The van der Waals surface area contributed by atoms with Gasteiger partial charge in [0.1, 0.15) is 6.61 Å². The second kappa shape index (κ2) is 2.77. The Balaban J connectivity index is 2.54. The van der Waals surface area contributed by atoms with Gasteiger partial charge < -0.3 is 0 Å². The van der Waals surface area contributed by atoms with Crippen LogP contribution in [0.15, 0.2) is 18.2 Å². The van der Waals surface area contributed by atoms with Crippen molar-refractivity contribution in [2.75, 3.05) is 0 Å². The van der Waals surface area contributed by atoms with Gasteiger partial charge in [0.25, 0.3) is 5.91 Å². The Morgan fingerprint density at radius 2 is 2.33 bits per heavy atom. The summed E-state index contributed by atoms with van der Waals surface area (Å²) in [4.78, 5) is 15.9. The van der Waals surface area contributed by atoms with E-state index in [9.17, 15) is 4.79 Å². The Morgan fingerprint density at radius 1 is 1.50 bits per heavy atom. The van der Waals surface area contributed by atoms with Crippen LogP contribution >= 0.6 is 11.6 Å². The van der Waals surface area contributed by atoms with Gasteiger partial charge in [-0.15, -0.1) is 0 Å². The third-order valence-electron chi connectivity index (χ3n) is 1.71. The average Bonchev–Trinajstić information content (AvgIpc) is 2.07. The summed E-state index contributed by atoms with van der Waals surface area (Å²) in [6, 6.07) is 5.16. The number of hydrogen-bond donors (Lipinski definition) is 1. The normalized spacial score (nSPS) is 15.2. The molecule has 1 aromatic carbocycles. The Labute approximate surface area is 74.2 Å². The van der Waals surface area contributed by atoms with Crippen LogP contribution in [0.3, 0.4) is 0 Å². The number of benzene rings is 1. The highest BCUT2D eigenvalue weighted by molar-refractivity contribution is 6.31. The number of hydroxylamine groups is 1. The molecule has 0 aromatic heterocycles. The molecule has 1 aliphatic heterocycles. The van der Waals surface area contributed by atoms with Gasteiger partial charge in [-0.05, 0) is 17.7 Å². The van der Waals surface area contributed by atoms with Crippen LogP contribution < -0.4 is 5.48 Å². The van der Waals surface area contributed by atoms with E-state index in [0.29, 0.717) is 17.2 Å². The fraction of sp³-hybridized carbons (Fsp3) is 0.125. The molecule has 3 nitrogen and oxygen atoms in total. The summed E-state index contributed by atoms with van der Waals surface area (Å²) in [5.74, 6) is -0.237. The SMILES string of the molecule is O=C1NOCc2ccc(Cl)cc21. The van der Waals surface area contributed by atoms with Crippen molar-refractivity contribution in [3.8, 4) is 0 Å². The van der Waals surface area contributed by atoms with Crippen LogP contribution in [0.5, 0.6) is 0 Å². The van der Waals surface area contributed by atoms with Crippen LogP contribution in [0.4, 0.5) is 0 Å². The summed E-state index contributed by atoms with van der Waals surface area (Å²) >= 11 is 5.72. The predicted octanol–water partition coefficient (Wildman–Crippen LogP) is 1.52.